The summed E-state index contributed by atoms with van der Waals surface area (Å²) in [5, 5.41) is 3.15. The highest BCUT2D eigenvalue weighted by molar-refractivity contribution is 7.89. The minimum absolute atomic E-state index is 0.0377. The Kier molecular flexibility index (Phi) is 5.18. The molecular formula is C18H22N2O3S. The van der Waals surface area contributed by atoms with Crippen LogP contribution in [-0.4, -0.2) is 27.5 Å². The van der Waals surface area contributed by atoms with Gasteiger partial charge < -0.3 is 10.1 Å². The zero-order valence-electron chi connectivity index (χ0n) is 13.7. The van der Waals surface area contributed by atoms with Gasteiger partial charge in [0.15, 0.2) is 0 Å². The van der Waals surface area contributed by atoms with Gasteiger partial charge in [0.05, 0.1) is 4.90 Å². The molecule has 6 heteroatoms. The topological polar surface area (TPSA) is 67.4 Å². The monoisotopic (exact) mass is 346 g/mol. The normalized spacial score (nSPS) is 17.8. The average molecular weight is 346 g/mol. The van der Waals surface area contributed by atoms with E-state index in [1.54, 1.807) is 18.2 Å². The summed E-state index contributed by atoms with van der Waals surface area (Å²) in [6, 6.07) is 14.8. The van der Waals surface area contributed by atoms with Gasteiger partial charge in [-0.2, -0.15) is 0 Å². The van der Waals surface area contributed by atoms with Crippen molar-refractivity contribution in [1.29, 1.82) is 0 Å². The van der Waals surface area contributed by atoms with Gasteiger partial charge in [0, 0.05) is 12.6 Å². The van der Waals surface area contributed by atoms with Gasteiger partial charge in [0.25, 0.3) is 0 Å². The molecule has 24 heavy (non-hydrogen) atoms. The van der Waals surface area contributed by atoms with Gasteiger partial charge >= 0.3 is 0 Å². The van der Waals surface area contributed by atoms with Crippen LogP contribution in [0.5, 0.6) is 5.75 Å². The number of sulfonamides is 1. The van der Waals surface area contributed by atoms with E-state index in [4.69, 9.17) is 4.74 Å². The van der Waals surface area contributed by atoms with E-state index in [0.29, 0.717) is 18.9 Å². The maximum absolute atomic E-state index is 12.5. The third-order valence-electron chi connectivity index (χ3n) is 4.08. The van der Waals surface area contributed by atoms with E-state index in [1.165, 1.54) is 0 Å². The third-order valence-corrected chi connectivity index (χ3v) is 5.59. The third kappa shape index (κ3) is 4.14. The second-order valence-corrected chi connectivity index (χ2v) is 7.73. The van der Waals surface area contributed by atoms with E-state index < -0.39 is 10.0 Å². The molecule has 1 saturated heterocycles. The molecule has 0 saturated carbocycles. The number of benzene rings is 2. The first-order chi connectivity index (χ1) is 11.5. The van der Waals surface area contributed by atoms with Gasteiger partial charge in [-0.3, -0.25) is 0 Å². The van der Waals surface area contributed by atoms with Gasteiger partial charge in [-0.1, -0.05) is 30.3 Å². The maximum atomic E-state index is 12.5. The number of hydrogen-bond donors (Lipinski definition) is 2. The molecule has 1 fully saturated rings. The molecule has 0 bridgehead atoms. The lowest BCUT2D eigenvalue weighted by molar-refractivity contribution is 0.304. The Balaban J connectivity index is 1.69. The molecular weight excluding hydrogens is 324 g/mol. The van der Waals surface area contributed by atoms with Gasteiger partial charge in [-0.25, -0.2) is 13.1 Å². The van der Waals surface area contributed by atoms with Crippen LogP contribution in [0.25, 0.3) is 0 Å². The Morgan fingerprint density at radius 1 is 1.21 bits per heavy atom. The summed E-state index contributed by atoms with van der Waals surface area (Å²) in [6.07, 6.45) is 0.816. The molecule has 2 N–H and O–H groups in total. The summed E-state index contributed by atoms with van der Waals surface area (Å²) in [7, 11) is -3.50. The maximum Gasteiger partial charge on any atom is 0.240 e. The van der Waals surface area contributed by atoms with Gasteiger partial charge in [-0.05, 0) is 49.2 Å². The highest BCUT2D eigenvalue weighted by Gasteiger charge is 2.23. The number of hydrogen-bond acceptors (Lipinski definition) is 4. The zero-order chi connectivity index (χ0) is 17.0. The molecule has 0 amide bonds. The summed E-state index contributed by atoms with van der Waals surface area (Å²) in [5.41, 5.74) is 1.88. The van der Waals surface area contributed by atoms with Crippen LogP contribution in [0.3, 0.4) is 0 Å². The second kappa shape index (κ2) is 7.34. The number of nitrogens with one attached hydrogen (secondary N) is 2. The van der Waals surface area contributed by atoms with Crippen molar-refractivity contribution in [3.8, 4) is 5.75 Å². The van der Waals surface area contributed by atoms with E-state index in [2.05, 4.69) is 10.0 Å². The molecule has 0 aliphatic carbocycles. The molecule has 3 rings (SSSR count). The summed E-state index contributed by atoms with van der Waals surface area (Å²) in [4.78, 5) is 0.277. The largest absolute Gasteiger partial charge is 0.489 e. The number of aryl methyl sites for hydroxylation is 1. The van der Waals surface area contributed by atoms with Gasteiger partial charge in [0.2, 0.25) is 10.0 Å². The average Bonchev–Trinajstić information content (AvgIpc) is 3.07. The molecule has 1 aliphatic rings. The quantitative estimate of drug-likeness (QED) is 0.842. The van der Waals surface area contributed by atoms with Crippen LogP contribution in [0.4, 0.5) is 0 Å². The number of rotatable bonds is 6. The van der Waals surface area contributed by atoms with Gasteiger partial charge in [0.1, 0.15) is 12.4 Å². The fourth-order valence-electron chi connectivity index (χ4n) is 2.73. The second-order valence-electron chi connectivity index (χ2n) is 6.01. The molecule has 1 atom stereocenters. The molecule has 1 aliphatic heterocycles. The Morgan fingerprint density at radius 3 is 2.67 bits per heavy atom. The minimum Gasteiger partial charge on any atom is -0.489 e. The van der Waals surface area contributed by atoms with Crippen molar-refractivity contribution in [2.75, 3.05) is 13.1 Å². The lowest BCUT2D eigenvalue weighted by Gasteiger charge is -2.14. The first kappa shape index (κ1) is 17.0. The van der Waals surface area contributed by atoms with Crippen LogP contribution in [0.2, 0.25) is 0 Å². The van der Waals surface area contributed by atoms with Gasteiger partial charge in [-0.15, -0.1) is 0 Å². The molecule has 2 aromatic carbocycles. The van der Waals surface area contributed by atoms with Crippen LogP contribution >= 0.6 is 0 Å². The van der Waals surface area contributed by atoms with Crippen LogP contribution < -0.4 is 14.8 Å². The SMILES string of the molecule is Cc1cc(S(=O)(=O)N[C@H]2CCNC2)ccc1OCc1ccccc1. The molecule has 0 spiro atoms. The lowest BCUT2D eigenvalue weighted by Crippen LogP contribution is -2.36. The Hall–Kier alpha value is -1.89. The van der Waals surface area contributed by atoms with Crippen LogP contribution in [0, 0.1) is 6.92 Å². The minimum atomic E-state index is -3.50. The molecule has 128 valence electrons. The molecule has 2 aromatic rings. The Labute approximate surface area is 143 Å². The molecule has 5 nitrogen and oxygen atoms in total. The van der Waals surface area contributed by atoms with Crippen molar-refractivity contribution in [1.82, 2.24) is 10.0 Å². The number of ether oxygens (including phenoxy) is 1. The highest BCUT2D eigenvalue weighted by Crippen LogP contribution is 2.23. The molecule has 1 heterocycles. The van der Waals surface area contributed by atoms with Crippen molar-refractivity contribution in [2.24, 2.45) is 0 Å². The summed E-state index contributed by atoms with van der Waals surface area (Å²) < 4.78 is 33.4. The standard InChI is InChI=1S/C18H22N2O3S/c1-14-11-17(24(21,22)20-16-9-10-19-12-16)7-8-18(14)23-13-15-5-3-2-4-6-15/h2-8,11,16,19-20H,9-10,12-13H2,1H3/t16-/m0/s1. The lowest BCUT2D eigenvalue weighted by atomic mass is 10.2. The van der Waals surface area contributed by atoms with Crippen molar-refractivity contribution in [3.05, 3.63) is 59.7 Å². The first-order valence-corrected chi connectivity index (χ1v) is 9.53. The summed E-state index contributed by atoms with van der Waals surface area (Å²) >= 11 is 0. The summed E-state index contributed by atoms with van der Waals surface area (Å²) in [5.74, 6) is 0.695. The smallest absolute Gasteiger partial charge is 0.240 e. The zero-order valence-corrected chi connectivity index (χ0v) is 14.5. The fraction of sp³-hybridized carbons (Fsp3) is 0.333. The predicted octanol–water partition coefficient (Wildman–Crippen LogP) is 2.21. The first-order valence-electron chi connectivity index (χ1n) is 8.05. The van der Waals surface area contributed by atoms with Crippen LogP contribution in [0.1, 0.15) is 17.5 Å². The van der Waals surface area contributed by atoms with E-state index in [1.807, 2.05) is 37.3 Å². The van der Waals surface area contributed by atoms with E-state index >= 15 is 0 Å². The Bertz CT molecular complexity index is 785. The molecule has 0 unspecified atom stereocenters. The summed E-state index contributed by atoms with van der Waals surface area (Å²) in [6.45, 7) is 3.84. The van der Waals surface area contributed by atoms with E-state index in [0.717, 1.165) is 24.1 Å². The van der Waals surface area contributed by atoms with Crippen LogP contribution in [-0.2, 0) is 16.6 Å². The Morgan fingerprint density at radius 2 is 2.00 bits per heavy atom. The van der Waals surface area contributed by atoms with E-state index in [9.17, 15) is 8.42 Å². The van der Waals surface area contributed by atoms with Crippen molar-refractivity contribution in [2.45, 2.75) is 30.9 Å². The molecule has 0 radical (unpaired) electrons. The van der Waals surface area contributed by atoms with Crippen molar-refractivity contribution in [3.63, 3.8) is 0 Å². The van der Waals surface area contributed by atoms with Crippen LogP contribution in [0.15, 0.2) is 53.4 Å². The fourth-order valence-corrected chi connectivity index (χ4v) is 4.08. The van der Waals surface area contributed by atoms with Crippen molar-refractivity contribution >= 4 is 10.0 Å². The molecule has 0 aromatic heterocycles. The highest BCUT2D eigenvalue weighted by atomic mass is 32.2. The van der Waals surface area contributed by atoms with E-state index in [-0.39, 0.29) is 10.9 Å². The predicted molar refractivity (Wildman–Crippen MR) is 93.5 cm³/mol. The van der Waals surface area contributed by atoms with Crippen molar-refractivity contribution < 1.29 is 13.2 Å².